The molecule has 0 bridgehead atoms. The van der Waals surface area contributed by atoms with Crippen molar-refractivity contribution in [1.29, 1.82) is 0 Å². The fourth-order valence-corrected chi connectivity index (χ4v) is 3.56. The molecular formula is C16H25FN2O. The summed E-state index contributed by atoms with van der Waals surface area (Å²) in [5.74, 6) is 0.364. The maximum Gasteiger partial charge on any atom is 0.131 e. The van der Waals surface area contributed by atoms with Gasteiger partial charge in [0.15, 0.2) is 0 Å². The second-order valence-corrected chi connectivity index (χ2v) is 5.81. The molecule has 1 fully saturated rings. The van der Waals surface area contributed by atoms with Gasteiger partial charge in [-0.25, -0.2) is 4.39 Å². The number of halogens is 1. The summed E-state index contributed by atoms with van der Waals surface area (Å²) in [6.07, 6.45) is 4.59. The van der Waals surface area contributed by atoms with Crippen LogP contribution in [-0.4, -0.2) is 38.7 Å². The van der Waals surface area contributed by atoms with Gasteiger partial charge >= 0.3 is 0 Å². The molecule has 1 aliphatic rings. The number of rotatable bonds is 5. The summed E-state index contributed by atoms with van der Waals surface area (Å²) in [4.78, 5) is 2.25. The van der Waals surface area contributed by atoms with Crippen LogP contribution in [-0.2, 0) is 0 Å². The van der Waals surface area contributed by atoms with Crippen LogP contribution in [0.4, 0.5) is 4.39 Å². The number of hydrogen-bond acceptors (Lipinski definition) is 3. The van der Waals surface area contributed by atoms with E-state index in [0.717, 1.165) is 18.4 Å². The highest BCUT2D eigenvalue weighted by molar-refractivity contribution is 5.33. The van der Waals surface area contributed by atoms with Crippen LogP contribution in [0.25, 0.3) is 0 Å². The molecule has 0 spiro atoms. The number of methoxy groups -OCH3 is 1. The molecule has 1 aromatic rings. The summed E-state index contributed by atoms with van der Waals surface area (Å²) in [5, 5.41) is 3.34. The van der Waals surface area contributed by atoms with E-state index in [-0.39, 0.29) is 17.4 Å². The Kier molecular flexibility index (Phi) is 4.66. The summed E-state index contributed by atoms with van der Waals surface area (Å²) in [6.45, 7) is 0. The van der Waals surface area contributed by atoms with E-state index in [2.05, 4.69) is 24.3 Å². The molecule has 1 atom stereocenters. The van der Waals surface area contributed by atoms with Crippen molar-refractivity contribution in [1.82, 2.24) is 10.2 Å². The van der Waals surface area contributed by atoms with Gasteiger partial charge in [-0.15, -0.1) is 0 Å². The quantitative estimate of drug-likeness (QED) is 0.897. The van der Waals surface area contributed by atoms with Crippen LogP contribution in [0.5, 0.6) is 5.75 Å². The van der Waals surface area contributed by atoms with Gasteiger partial charge in [0.05, 0.1) is 13.2 Å². The lowest BCUT2D eigenvalue weighted by Crippen LogP contribution is -2.51. The first kappa shape index (κ1) is 15.3. The Morgan fingerprint density at radius 1 is 1.30 bits per heavy atom. The molecular weight excluding hydrogens is 255 g/mol. The minimum atomic E-state index is -0.197. The largest absolute Gasteiger partial charge is 0.497 e. The highest BCUT2D eigenvalue weighted by Crippen LogP contribution is 2.44. The Bertz CT molecular complexity index is 456. The molecule has 1 aliphatic carbocycles. The number of likely N-dealkylation sites (N-methyl/N-ethyl adjacent to an activating group) is 2. The highest BCUT2D eigenvalue weighted by Gasteiger charge is 2.44. The van der Waals surface area contributed by atoms with Crippen molar-refractivity contribution in [3.63, 3.8) is 0 Å². The zero-order valence-corrected chi connectivity index (χ0v) is 12.9. The van der Waals surface area contributed by atoms with E-state index in [0.29, 0.717) is 5.75 Å². The van der Waals surface area contributed by atoms with Crippen LogP contribution in [0.1, 0.15) is 37.3 Å². The molecule has 20 heavy (non-hydrogen) atoms. The molecule has 1 unspecified atom stereocenters. The Morgan fingerprint density at radius 2 is 1.95 bits per heavy atom. The fraction of sp³-hybridized carbons (Fsp3) is 0.625. The van der Waals surface area contributed by atoms with Gasteiger partial charge in [-0.3, -0.25) is 0 Å². The molecule has 0 amide bonds. The van der Waals surface area contributed by atoms with Crippen LogP contribution in [0, 0.1) is 5.82 Å². The second-order valence-electron chi connectivity index (χ2n) is 5.81. The molecule has 0 radical (unpaired) electrons. The maximum absolute atomic E-state index is 14.4. The molecule has 3 nitrogen and oxygen atoms in total. The molecule has 1 saturated carbocycles. The van der Waals surface area contributed by atoms with E-state index in [1.54, 1.807) is 7.11 Å². The third-order valence-electron chi connectivity index (χ3n) is 4.70. The van der Waals surface area contributed by atoms with Crippen molar-refractivity contribution < 1.29 is 9.13 Å². The van der Waals surface area contributed by atoms with Gasteiger partial charge in [-0.2, -0.15) is 0 Å². The van der Waals surface area contributed by atoms with Crippen LogP contribution in [0.3, 0.4) is 0 Å². The molecule has 0 heterocycles. The smallest absolute Gasteiger partial charge is 0.131 e. The predicted octanol–water partition coefficient (Wildman–Crippen LogP) is 2.97. The molecule has 2 rings (SSSR count). The average molecular weight is 280 g/mol. The van der Waals surface area contributed by atoms with Crippen molar-refractivity contribution in [2.45, 2.75) is 37.3 Å². The lowest BCUT2D eigenvalue weighted by molar-refractivity contribution is 0.107. The Balaban J connectivity index is 2.41. The van der Waals surface area contributed by atoms with Crippen molar-refractivity contribution in [3.8, 4) is 5.75 Å². The van der Waals surface area contributed by atoms with Crippen molar-refractivity contribution >= 4 is 0 Å². The van der Waals surface area contributed by atoms with Crippen molar-refractivity contribution in [2.24, 2.45) is 0 Å². The number of nitrogens with zero attached hydrogens (tertiary/aromatic N) is 1. The van der Waals surface area contributed by atoms with Gasteiger partial charge < -0.3 is 15.0 Å². The van der Waals surface area contributed by atoms with Crippen LogP contribution in [0.15, 0.2) is 18.2 Å². The fourth-order valence-electron chi connectivity index (χ4n) is 3.56. The average Bonchev–Trinajstić information content (AvgIpc) is 2.92. The SMILES string of the molecule is CNC(c1ccc(OC)cc1F)C1(N(C)C)CCCC1. The summed E-state index contributed by atoms with van der Waals surface area (Å²) in [6, 6.07) is 5.14. The molecule has 1 aromatic carbocycles. The number of hydrogen-bond donors (Lipinski definition) is 1. The highest BCUT2D eigenvalue weighted by atomic mass is 19.1. The van der Waals surface area contributed by atoms with E-state index in [1.165, 1.54) is 18.9 Å². The summed E-state index contributed by atoms with van der Waals surface area (Å²) in [5.41, 5.74) is 0.716. The van der Waals surface area contributed by atoms with Gasteiger partial charge in [0.2, 0.25) is 0 Å². The summed E-state index contributed by atoms with van der Waals surface area (Å²) >= 11 is 0. The number of ether oxygens (including phenoxy) is 1. The van der Waals surface area contributed by atoms with Gasteiger partial charge in [-0.05, 0) is 40.1 Å². The molecule has 112 valence electrons. The molecule has 0 aliphatic heterocycles. The first-order valence-corrected chi connectivity index (χ1v) is 7.23. The van der Waals surface area contributed by atoms with Crippen LogP contribution >= 0.6 is 0 Å². The van der Waals surface area contributed by atoms with Crippen molar-refractivity contribution in [3.05, 3.63) is 29.6 Å². The van der Waals surface area contributed by atoms with Gasteiger partial charge in [0, 0.05) is 17.2 Å². The number of nitrogens with one attached hydrogen (secondary N) is 1. The first-order valence-electron chi connectivity index (χ1n) is 7.23. The third kappa shape index (κ3) is 2.54. The zero-order valence-electron chi connectivity index (χ0n) is 12.9. The standard InChI is InChI=1S/C16H25FN2O/c1-18-15(16(19(2)3)9-5-6-10-16)13-8-7-12(20-4)11-14(13)17/h7-8,11,15,18H,5-6,9-10H2,1-4H3. The van der Waals surface area contributed by atoms with E-state index in [9.17, 15) is 4.39 Å². The Hall–Kier alpha value is -1.13. The van der Waals surface area contributed by atoms with E-state index >= 15 is 0 Å². The van der Waals surface area contributed by atoms with Gasteiger partial charge in [-0.1, -0.05) is 18.9 Å². The van der Waals surface area contributed by atoms with E-state index in [1.807, 2.05) is 19.2 Å². The Morgan fingerprint density at radius 3 is 2.40 bits per heavy atom. The molecule has 1 N–H and O–H groups in total. The Labute approximate surface area is 121 Å². The lowest BCUT2D eigenvalue weighted by Gasteiger charge is -2.43. The monoisotopic (exact) mass is 280 g/mol. The van der Waals surface area contributed by atoms with E-state index in [4.69, 9.17) is 4.74 Å². The van der Waals surface area contributed by atoms with Crippen LogP contribution in [0.2, 0.25) is 0 Å². The van der Waals surface area contributed by atoms with Crippen LogP contribution < -0.4 is 10.1 Å². The second kappa shape index (κ2) is 6.10. The first-order chi connectivity index (χ1) is 9.55. The normalized spacial score (nSPS) is 19.3. The minimum Gasteiger partial charge on any atom is -0.497 e. The minimum absolute atomic E-state index is 0.00842. The molecule has 0 saturated heterocycles. The van der Waals surface area contributed by atoms with Crippen molar-refractivity contribution in [2.75, 3.05) is 28.3 Å². The predicted molar refractivity (Wildman–Crippen MR) is 79.6 cm³/mol. The lowest BCUT2D eigenvalue weighted by atomic mass is 9.82. The van der Waals surface area contributed by atoms with E-state index < -0.39 is 0 Å². The van der Waals surface area contributed by atoms with Gasteiger partial charge in [0.25, 0.3) is 0 Å². The molecule has 0 aromatic heterocycles. The third-order valence-corrected chi connectivity index (χ3v) is 4.70. The number of benzene rings is 1. The summed E-state index contributed by atoms with van der Waals surface area (Å²) < 4.78 is 19.5. The van der Waals surface area contributed by atoms with Gasteiger partial charge in [0.1, 0.15) is 11.6 Å². The molecule has 4 heteroatoms. The zero-order chi connectivity index (χ0) is 14.8. The maximum atomic E-state index is 14.4. The summed E-state index contributed by atoms with van der Waals surface area (Å²) in [7, 11) is 7.66. The topological polar surface area (TPSA) is 24.5 Å².